The minimum Gasteiger partial charge on any atom is -0.483 e. The van der Waals surface area contributed by atoms with E-state index in [-0.39, 0.29) is 36.9 Å². The quantitative estimate of drug-likeness (QED) is 0.177. The van der Waals surface area contributed by atoms with Gasteiger partial charge in [-0.25, -0.2) is 0 Å². The highest BCUT2D eigenvalue weighted by molar-refractivity contribution is 9.10. The second kappa shape index (κ2) is 13.3. The maximum Gasteiger partial charge on any atom is 0.262 e. The predicted octanol–water partition coefficient (Wildman–Crippen LogP) is 8.65. The Hall–Kier alpha value is -3.36. The second-order valence-electron chi connectivity index (χ2n) is 10.1. The van der Waals surface area contributed by atoms with Crippen LogP contribution in [0.5, 0.6) is 11.5 Å². The van der Waals surface area contributed by atoms with E-state index in [0.29, 0.717) is 22.9 Å². The fourth-order valence-electron chi connectivity index (χ4n) is 4.39. The molecule has 40 heavy (non-hydrogen) atoms. The Morgan fingerprint density at radius 1 is 0.650 bits per heavy atom. The van der Waals surface area contributed by atoms with E-state index >= 15 is 0 Å². The number of amides is 2. The SMILES string of the molecule is CC(C)c1cc(Br)ccc1OCC(=O)Nc1cccc2c(NC(=O)COc3ccc(Br)cc3C(C)C)cccc12. The number of carbonyl (C=O) groups excluding carboxylic acids is 2. The summed E-state index contributed by atoms with van der Waals surface area (Å²) in [5.74, 6) is 1.32. The van der Waals surface area contributed by atoms with Crippen LogP contribution in [0.4, 0.5) is 11.4 Å². The summed E-state index contributed by atoms with van der Waals surface area (Å²) in [4.78, 5) is 25.6. The smallest absolute Gasteiger partial charge is 0.262 e. The molecule has 0 saturated carbocycles. The number of carbonyl (C=O) groups is 2. The summed E-state index contributed by atoms with van der Waals surface area (Å²) in [7, 11) is 0. The Kier molecular flexibility index (Phi) is 9.87. The first-order valence-corrected chi connectivity index (χ1v) is 14.7. The number of fused-ring (bicyclic) bond motifs is 1. The first kappa shape index (κ1) is 29.6. The lowest BCUT2D eigenvalue weighted by Gasteiger charge is -2.16. The third kappa shape index (κ3) is 7.43. The number of ether oxygens (including phenoxy) is 2. The molecule has 4 aromatic carbocycles. The van der Waals surface area contributed by atoms with Crippen molar-refractivity contribution in [3.8, 4) is 11.5 Å². The summed E-state index contributed by atoms with van der Waals surface area (Å²) in [5.41, 5.74) is 3.32. The summed E-state index contributed by atoms with van der Waals surface area (Å²) in [6.45, 7) is 8.07. The van der Waals surface area contributed by atoms with Gasteiger partial charge in [0.1, 0.15) is 11.5 Å². The number of rotatable bonds is 10. The van der Waals surface area contributed by atoms with Crippen LogP contribution in [0.1, 0.15) is 50.7 Å². The molecule has 0 atom stereocenters. The van der Waals surface area contributed by atoms with E-state index in [1.807, 2.05) is 72.8 Å². The third-order valence-electron chi connectivity index (χ3n) is 6.38. The van der Waals surface area contributed by atoms with Gasteiger partial charge in [-0.05, 0) is 71.5 Å². The highest BCUT2D eigenvalue weighted by Crippen LogP contribution is 2.32. The third-order valence-corrected chi connectivity index (χ3v) is 7.36. The van der Waals surface area contributed by atoms with Gasteiger partial charge in [-0.3, -0.25) is 9.59 Å². The molecule has 6 nitrogen and oxygen atoms in total. The van der Waals surface area contributed by atoms with Crippen molar-refractivity contribution in [3.05, 3.63) is 92.9 Å². The molecule has 0 bridgehead atoms. The topological polar surface area (TPSA) is 76.7 Å². The Balaban J connectivity index is 1.43. The lowest BCUT2D eigenvalue weighted by atomic mass is 10.0. The van der Waals surface area contributed by atoms with Gasteiger partial charge in [-0.15, -0.1) is 0 Å². The molecule has 2 amide bonds. The van der Waals surface area contributed by atoms with Crippen LogP contribution in [0.25, 0.3) is 10.8 Å². The lowest BCUT2D eigenvalue weighted by Crippen LogP contribution is -2.21. The van der Waals surface area contributed by atoms with Crippen LogP contribution >= 0.6 is 31.9 Å². The van der Waals surface area contributed by atoms with Crippen molar-refractivity contribution in [2.75, 3.05) is 23.8 Å². The fourth-order valence-corrected chi connectivity index (χ4v) is 5.15. The van der Waals surface area contributed by atoms with Crippen molar-refractivity contribution < 1.29 is 19.1 Å². The van der Waals surface area contributed by atoms with Gasteiger partial charge >= 0.3 is 0 Å². The molecule has 4 rings (SSSR count). The van der Waals surface area contributed by atoms with Crippen LogP contribution in [0.3, 0.4) is 0 Å². The van der Waals surface area contributed by atoms with Crippen LogP contribution in [0.15, 0.2) is 81.7 Å². The maximum absolute atomic E-state index is 12.8. The molecule has 0 aromatic heterocycles. The summed E-state index contributed by atoms with van der Waals surface area (Å²) < 4.78 is 13.7. The molecule has 0 fully saturated rings. The minimum atomic E-state index is -0.275. The van der Waals surface area contributed by atoms with E-state index in [9.17, 15) is 9.59 Å². The molecule has 8 heteroatoms. The number of hydrogen-bond donors (Lipinski definition) is 2. The van der Waals surface area contributed by atoms with Gasteiger partial charge in [-0.1, -0.05) is 83.8 Å². The molecule has 0 unspecified atom stereocenters. The number of halogens is 2. The van der Waals surface area contributed by atoms with Gasteiger partial charge in [-0.2, -0.15) is 0 Å². The second-order valence-corrected chi connectivity index (χ2v) is 11.9. The van der Waals surface area contributed by atoms with Crippen LogP contribution in [-0.2, 0) is 9.59 Å². The highest BCUT2D eigenvalue weighted by atomic mass is 79.9. The van der Waals surface area contributed by atoms with E-state index in [1.165, 1.54) is 0 Å². The van der Waals surface area contributed by atoms with E-state index in [0.717, 1.165) is 30.8 Å². The van der Waals surface area contributed by atoms with Crippen LogP contribution in [0, 0.1) is 0 Å². The van der Waals surface area contributed by atoms with Gasteiger partial charge in [0.15, 0.2) is 13.2 Å². The molecule has 0 aliphatic heterocycles. The zero-order valence-corrected chi connectivity index (χ0v) is 26.1. The summed E-state index contributed by atoms with van der Waals surface area (Å²) in [5, 5.41) is 7.50. The molecule has 0 aliphatic rings. The number of nitrogens with one attached hydrogen (secondary N) is 2. The zero-order chi connectivity index (χ0) is 28.8. The fraction of sp³-hybridized carbons (Fsp3) is 0.250. The van der Waals surface area contributed by atoms with E-state index in [2.05, 4.69) is 70.2 Å². The van der Waals surface area contributed by atoms with Crippen molar-refractivity contribution in [2.45, 2.75) is 39.5 Å². The molecule has 0 aliphatic carbocycles. The normalized spacial score (nSPS) is 11.1. The molecular formula is C32H32Br2N2O4. The monoisotopic (exact) mass is 666 g/mol. The van der Waals surface area contributed by atoms with Crippen molar-refractivity contribution in [1.29, 1.82) is 0 Å². The standard InChI is InChI=1S/C32H32Br2N2O4/c1-19(2)25-15-21(33)11-13-29(25)39-17-31(37)35-27-9-5-8-24-23(27)7-6-10-28(24)36-32(38)18-40-30-14-12-22(34)16-26(30)20(3)4/h5-16,19-20H,17-18H2,1-4H3,(H,35,37)(H,36,38). The van der Waals surface area contributed by atoms with Crippen molar-refractivity contribution in [2.24, 2.45) is 0 Å². The van der Waals surface area contributed by atoms with Crippen LogP contribution < -0.4 is 20.1 Å². The Bertz CT molecular complexity index is 1420. The molecular weight excluding hydrogens is 636 g/mol. The first-order chi connectivity index (χ1) is 19.1. The molecule has 2 N–H and O–H groups in total. The van der Waals surface area contributed by atoms with Gasteiger partial charge in [0.05, 0.1) is 0 Å². The van der Waals surface area contributed by atoms with Gasteiger partial charge in [0.2, 0.25) is 0 Å². The molecule has 208 valence electrons. The van der Waals surface area contributed by atoms with Crippen LogP contribution in [-0.4, -0.2) is 25.0 Å². The summed E-state index contributed by atoms with van der Waals surface area (Å²) in [6.07, 6.45) is 0. The molecule has 0 saturated heterocycles. The van der Waals surface area contributed by atoms with Gasteiger partial charge in [0.25, 0.3) is 11.8 Å². The first-order valence-electron chi connectivity index (χ1n) is 13.1. The van der Waals surface area contributed by atoms with E-state index in [4.69, 9.17) is 9.47 Å². The Morgan fingerprint density at radius 2 is 1.05 bits per heavy atom. The Morgan fingerprint density at radius 3 is 1.43 bits per heavy atom. The molecule has 4 aromatic rings. The average Bonchev–Trinajstić information content (AvgIpc) is 2.92. The van der Waals surface area contributed by atoms with Crippen molar-refractivity contribution in [3.63, 3.8) is 0 Å². The van der Waals surface area contributed by atoms with E-state index < -0.39 is 0 Å². The van der Waals surface area contributed by atoms with E-state index in [1.54, 1.807) is 0 Å². The molecule has 0 radical (unpaired) electrons. The molecule has 0 heterocycles. The summed E-state index contributed by atoms with van der Waals surface area (Å²) >= 11 is 6.98. The highest BCUT2D eigenvalue weighted by Gasteiger charge is 2.14. The largest absolute Gasteiger partial charge is 0.483 e. The molecule has 0 spiro atoms. The number of hydrogen-bond acceptors (Lipinski definition) is 4. The number of benzene rings is 4. The Labute approximate surface area is 251 Å². The maximum atomic E-state index is 12.8. The average molecular weight is 668 g/mol. The van der Waals surface area contributed by atoms with Gasteiger partial charge in [0, 0.05) is 31.1 Å². The predicted molar refractivity (Wildman–Crippen MR) is 169 cm³/mol. The van der Waals surface area contributed by atoms with Crippen LogP contribution in [0.2, 0.25) is 0 Å². The summed E-state index contributed by atoms with van der Waals surface area (Å²) in [6, 6.07) is 22.7. The number of anilines is 2. The zero-order valence-electron chi connectivity index (χ0n) is 22.9. The van der Waals surface area contributed by atoms with Crippen molar-refractivity contribution in [1.82, 2.24) is 0 Å². The lowest BCUT2D eigenvalue weighted by molar-refractivity contribution is -0.118. The minimum absolute atomic E-state index is 0.125. The van der Waals surface area contributed by atoms with Gasteiger partial charge < -0.3 is 20.1 Å². The van der Waals surface area contributed by atoms with Crippen molar-refractivity contribution >= 4 is 65.8 Å².